The molecule has 1 aliphatic rings. The minimum atomic E-state index is 1.16. The van der Waals surface area contributed by atoms with Gasteiger partial charge < -0.3 is 0 Å². The van der Waals surface area contributed by atoms with E-state index in [1.54, 1.807) is 11.1 Å². The van der Waals surface area contributed by atoms with Gasteiger partial charge in [0, 0.05) is 5.75 Å². The lowest BCUT2D eigenvalue weighted by Crippen LogP contribution is -1.85. The Labute approximate surface area is 78.4 Å². The topological polar surface area (TPSA) is 0 Å². The maximum atomic E-state index is 2.39. The third-order valence-electron chi connectivity index (χ3n) is 2.47. The van der Waals surface area contributed by atoms with Gasteiger partial charge in [-0.15, -0.1) is 0 Å². The molecule has 1 aromatic carbocycles. The van der Waals surface area contributed by atoms with Crippen LogP contribution in [0, 0.1) is 0 Å². The number of aryl methyl sites for hydroxylation is 2. The molecule has 0 fully saturated rings. The van der Waals surface area contributed by atoms with Gasteiger partial charge in [-0.2, -0.15) is 11.8 Å². The van der Waals surface area contributed by atoms with Gasteiger partial charge in [0.15, 0.2) is 0 Å². The predicted molar refractivity (Wildman–Crippen MR) is 55.7 cm³/mol. The highest BCUT2D eigenvalue weighted by Crippen LogP contribution is 2.23. The molecule has 1 aliphatic carbocycles. The van der Waals surface area contributed by atoms with Crippen molar-refractivity contribution in [3.8, 4) is 0 Å². The normalized spacial score (nSPS) is 14.8. The van der Waals surface area contributed by atoms with E-state index in [0.717, 1.165) is 5.75 Å². The van der Waals surface area contributed by atoms with Gasteiger partial charge in [-0.25, -0.2) is 0 Å². The summed E-state index contributed by atoms with van der Waals surface area (Å²) < 4.78 is 0. The van der Waals surface area contributed by atoms with Crippen molar-refractivity contribution in [3.05, 3.63) is 34.9 Å². The molecule has 0 spiro atoms. The first kappa shape index (κ1) is 8.18. The SMILES string of the molecule is CSCc1ccc2c(c1)CCC2. The first-order valence-electron chi connectivity index (χ1n) is 4.50. The molecule has 0 atom stereocenters. The molecule has 0 amide bonds. The number of benzene rings is 1. The van der Waals surface area contributed by atoms with Crippen LogP contribution >= 0.6 is 11.8 Å². The van der Waals surface area contributed by atoms with E-state index >= 15 is 0 Å². The summed E-state index contributed by atoms with van der Waals surface area (Å²) in [6.45, 7) is 0. The maximum Gasteiger partial charge on any atom is 0.0181 e. The van der Waals surface area contributed by atoms with Crippen LogP contribution in [-0.2, 0) is 18.6 Å². The van der Waals surface area contributed by atoms with E-state index in [-0.39, 0.29) is 0 Å². The number of hydrogen-bond acceptors (Lipinski definition) is 1. The lowest BCUT2D eigenvalue weighted by atomic mass is 10.1. The molecule has 1 heteroatoms. The minimum Gasteiger partial charge on any atom is -0.161 e. The first-order valence-corrected chi connectivity index (χ1v) is 5.89. The largest absolute Gasteiger partial charge is 0.161 e. The Hall–Kier alpha value is -0.430. The summed E-state index contributed by atoms with van der Waals surface area (Å²) in [5, 5.41) is 0. The van der Waals surface area contributed by atoms with Crippen LogP contribution < -0.4 is 0 Å². The van der Waals surface area contributed by atoms with Crippen molar-refractivity contribution in [1.82, 2.24) is 0 Å². The molecule has 0 N–H and O–H groups in total. The Morgan fingerprint density at radius 3 is 2.92 bits per heavy atom. The molecule has 0 unspecified atom stereocenters. The summed E-state index contributed by atoms with van der Waals surface area (Å²) in [6, 6.07) is 6.98. The fourth-order valence-electron chi connectivity index (χ4n) is 1.88. The first-order chi connectivity index (χ1) is 5.90. The Balaban J connectivity index is 2.26. The van der Waals surface area contributed by atoms with Crippen LogP contribution in [0.2, 0.25) is 0 Å². The van der Waals surface area contributed by atoms with Crippen molar-refractivity contribution in [2.24, 2.45) is 0 Å². The van der Waals surface area contributed by atoms with Crippen molar-refractivity contribution in [2.75, 3.05) is 6.26 Å². The number of fused-ring (bicyclic) bond motifs is 1. The van der Waals surface area contributed by atoms with Crippen molar-refractivity contribution < 1.29 is 0 Å². The zero-order chi connectivity index (χ0) is 8.39. The van der Waals surface area contributed by atoms with Crippen molar-refractivity contribution in [2.45, 2.75) is 25.0 Å². The molecule has 2 rings (SSSR count). The zero-order valence-corrected chi connectivity index (χ0v) is 8.29. The second-order valence-corrected chi connectivity index (χ2v) is 4.26. The quantitative estimate of drug-likeness (QED) is 0.670. The summed E-state index contributed by atoms with van der Waals surface area (Å²) in [7, 11) is 0. The number of rotatable bonds is 2. The van der Waals surface area contributed by atoms with E-state index < -0.39 is 0 Å². The van der Waals surface area contributed by atoms with Gasteiger partial charge in [-0.1, -0.05) is 18.2 Å². The second-order valence-electron chi connectivity index (χ2n) is 3.39. The molecule has 12 heavy (non-hydrogen) atoms. The van der Waals surface area contributed by atoms with E-state index in [2.05, 4.69) is 24.5 Å². The summed E-state index contributed by atoms with van der Waals surface area (Å²) >= 11 is 1.90. The van der Waals surface area contributed by atoms with Gasteiger partial charge in [0.2, 0.25) is 0 Å². The standard InChI is InChI=1S/C11H14S/c1-12-8-9-5-6-10-3-2-4-11(10)7-9/h5-7H,2-4,8H2,1H3. The van der Waals surface area contributed by atoms with Crippen LogP contribution in [0.3, 0.4) is 0 Å². The molecule has 0 nitrogen and oxygen atoms in total. The van der Waals surface area contributed by atoms with Crippen LogP contribution in [-0.4, -0.2) is 6.26 Å². The zero-order valence-electron chi connectivity index (χ0n) is 7.47. The molecular formula is C11H14S. The molecular weight excluding hydrogens is 164 g/mol. The number of hydrogen-bond donors (Lipinski definition) is 0. The molecule has 0 saturated carbocycles. The summed E-state index contributed by atoms with van der Waals surface area (Å²) in [6.07, 6.45) is 6.12. The van der Waals surface area contributed by atoms with Gasteiger partial charge in [0.1, 0.15) is 0 Å². The summed E-state index contributed by atoms with van der Waals surface area (Å²) in [5.74, 6) is 1.16. The van der Waals surface area contributed by atoms with Crippen LogP contribution in [0.4, 0.5) is 0 Å². The Morgan fingerprint density at radius 2 is 2.08 bits per heavy atom. The van der Waals surface area contributed by atoms with Gasteiger partial charge in [0.25, 0.3) is 0 Å². The van der Waals surface area contributed by atoms with Crippen LogP contribution in [0.25, 0.3) is 0 Å². The molecule has 0 saturated heterocycles. The fraction of sp³-hybridized carbons (Fsp3) is 0.455. The highest BCUT2D eigenvalue weighted by molar-refractivity contribution is 7.97. The molecule has 64 valence electrons. The van der Waals surface area contributed by atoms with Crippen LogP contribution in [0.1, 0.15) is 23.1 Å². The lowest BCUT2D eigenvalue weighted by molar-refractivity contribution is 0.911. The van der Waals surface area contributed by atoms with Gasteiger partial charge in [-0.05, 0) is 42.2 Å². The molecule has 0 aromatic heterocycles. The average molecular weight is 178 g/mol. The monoisotopic (exact) mass is 178 g/mol. The molecule has 1 aromatic rings. The Bertz CT molecular complexity index is 278. The highest BCUT2D eigenvalue weighted by atomic mass is 32.2. The molecule has 0 bridgehead atoms. The smallest absolute Gasteiger partial charge is 0.0181 e. The van der Waals surface area contributed by atoms with Crippen molar-refractivity contribution in [1.29, 1.82) is 0 Å². The van der Waals surface area contributed by atoms with Gasteiger partial charge in [0.05, 0.1) is 0 Å². The molecule has 0 heterocycles. The maximum absolute atomic E-state index is 2.39. The second kappa shape index (κ2) is 3.53. The highest BCUT2D eigenvalue weighted by Gasteiger charge is 2.09. The predicted octanol–water partition coefficient (Wildman–Crippen LogP) is 3.04. The van der Waals surface area contributed by atoms with Crippen LogP contribution in [0.5, 0.6) is 0 Å². The third kappa shape index (κ3) is 1.51. The van der Waals surface area contributed by atoms with E-state index in [1.165, 1.54) is 24.8 Å². The van der Waals surface area contributed by atoms with Crippen molar-refractivity contribution in [3.63, 3.8) is 0 Å². The average Bonchev–Trinajstić information content (AvgIpc) is 2.51. The molecule has 0 aliphatic heterocycles. The van der Waals surface area contributed by atoms with Gasteiger partial charge in [-0.3, -0.25) is 0 Å². The summed E-state index contributed by atoms with van der Waals surface area (Å²) in [4.78, 5) is 0. The van der Waals surface area contributed by atoms with E-state index in [4.69, 9.17) is 0 Å². The van der Waals surface area contributed by atoms with Crippen molar-refractivity contribution >= 4 is 11.8 Å². The van der Waals surface area contributed by atoms with E-state index in [9.17, 15) is 0 Å². The lowest BCUT2D eigenvalue weighted by Gasteiger charge is -2.02. The third-order valence-corrected chi connectivity index (χ3v) is 3.10. The molecule has 0 radical (unpaired) electrons. The fourth-order valence-corrected chi connectivity index (χ4v) is 2.39. The number of thioether (sulfide) groups is 1. The Kier molecular flexibility index (Phi) is 2.40. The van der Waals surface area contributed by atoms with E-state index in [1.807, 2.05) is 11.8 Å². The van der Waals surface area contributed by atoms with Gasteiger partial charge >= 0.3 is 0 Å². The summed E-state index contributed by atoms with van der Waals surface area (Å²) in [5.41, 5.74) is 4.67. The minimum absolute atomic E-state index is 1.16. The van der Waals surface area contributed by atoms with Crippen LogP contribution in [0.15, 0.2) is 18.2 Å². The Morgan fingerprint density at radius 1 is 1.25 bits per heavy atom. The van der Waals surface area contributed by atoms with E-state index in [0.29, 0.717) is 0 Å².